The monoisotopic (exact) mass is 261 g/mol. The fourth-order valence-electron chi connectivity index (χ4n) is 1.17. The smallest absolute Gasteiger partial charge is 0.463 e. The molecule has 0 aromatic heterocycles. The van der Waals surface area contributed by atoms with Crippen molar-refractivity contribution in [2.24, 2.45) is 5.92 Å². The molecule has 1 aliphatic rings. The molecule has 98 valence electrons. The summed E-state index contributed by atoms with van der Waals surface area (Å²) in [5.74, 6) is -10.4. The Bertz CT molecular complexity index is 337. The van der Waals surface area contributed by atoms with Crippen LogP contribution in [-0.2, 0) is 9.59 Å². The maximum atomic E-state index is 12.5. The summed E-state index contributed by atoms with van der Waals surface area (Å²) in [5, 5.41) is 9.78. The molecular formula is C8H8F5NO3. The van der Waals surface area contributed by atoms with Gasteiger partial charge in [0.1, 0.15) is 6.04 Å². The van der Waals surface area contributed by atoms with Crippen molar-refractivity contribution in [3.05, 3.63) is 0 Å². The lowest BCUT2D eigenvalue weighted by molar-refractivity contribution is -0.270. The topological polar surface area (TPSA) is 66.4 Å². The lowest BCUT2D eigenvalue weighted by Gasteiger charge is -2.21. The summed E-state index contributed by atoms with van der Waals surface area (Å²) < 4.78 is 60.4. The number of hydrogen-bond donors (Lipinski definition) is 2. The van der Waals surface area contributed by atoms with Gasteiger partial charge in [-0.15, -0.1) is 0 Å². The molecule has 0 aliphatic heterocycles. The van der Waals surface area contributed by atoms with Gasteiger partial charge in [0.25, 0.3) is 0 Å². The highest BCUT2D eigenvalue weighted by Gasteiger charge is 2.64. The van der Waals surface area contributed by atoms with Crippen LogP contribution in [0.4, 0.5) is 22.0 Å². The number of carboxylic acids is 1. The van der Waals surface area contributed by atoms with Crippen molar-refractivity contribution in [1.29, 1.82) is 0 Å². The van der Waals surface area contributed by atoms with Crippen LogP contribution in [-0.4, -0.2) is 35.1 Å². The minimum Gasteiger partial charge on any atom is -0.480 e. The molecule has 0 heterocycles. The van der Waals surface area contributed by atoms with Crippen LogP contribution in [0, 0.1) is 5.92 Å². The summed E-state index contributed by atoms with van der Waals surface area (Å²) in [4.78, 5) is 21.3. The van der Waals surface area contributed by atoms with Gasteiger partial charge in [-0.25, -0.2) is 4.79 Å². The molecule has 0 aromatic rings. The van der Waals surface area contributed by atoms with Crippen LogP contribution in [0.15, 0.2) is 0 Å². The average molecular weight is 261 g/mol. The molecule has 1 atom stereocenters. The van der Waals surface area contributed by atoms with Crippen LogP contribution in [0.1, 0.15) is 12.8 Å². The lowest BCUT2D eigenvalue weighted by Crippen LogP contribution is -2.55. The average Bonchev–Trinajstić information content (AvgIpc) is 2.94. The molecule has 1 amide bonds. The van der Waals surface area contributed by atoms with E-state index in [1.807, 2.05) is 0 Å². The second-order valence-corrected chi connectivity index (χ2v) is 3.70. The SMILES string of the molecule is O=C(O)C(NC(=O)C(F)(F)C(F)(F)F)C1CC1. The third-order valence-corrected chi connectivity index (χ3v) is 2.29. The first-order valence-electron chi connectivity index (χ1n) is 4.55. The predicted molar refractivity (Wildman–Crippen MR) is 43.3 cm³/mol. The number of halogens is 5. The Balaban J connectivity index is 2.73. The minimum absolute atomic E-state index is 0.370. The highest BCUT2D eigenvalue weighted by Crippen LogP contribution is 2.37. The largest absolute Gasteiger partial charge is 0.480 e. The van der Waals surface area contributed by atoms with Crippen molar-refractivity contribution in [2.75, 3.05) is 0 Å². The number of aliphatic carboxylic acids is 1. The summed E-state index contributed by atoms with van der Waals surface area (Å²) in [6.45, 7) is 0. The molecule has 1 fully saturated rings. The summed E-state index contributed by atoms with van der Waals surface area (Å²) in [5.41, 5.74) is 0. The molecule has 4 nitrogen and oxygen atoms in total. The maximum absolute atomic E-state index is 12.5. The number of rotatable bonds is 4. The van der Waals surface area contributed by atoms with Crippen LogP contribution < -0.4 is 5.32 Å². The Labute approximate surface area is 91.8 Å². The Morgan fingerprint density at radius 1 is 1.18 bits per heavy atom. The van der Waals surface area contributed by atoms with Gasteiger partial charge in [-0.3, -0.25) is 4.79 Å². The van der Waals surface area contributed by atoms with E-state index in [0.717, 1.165) is 0 Å². The molecule has 1 saturated carbocycles. The quantitative estimate of drug-likeness (QED) is 0.746. The Morgan fingerprint density at radius 2 is 1.65 bits per heavy atom. The van der Waals surface area contributed by atoms with Gasteiger partial charge in [-0.1, -0.05) is 0 Å². The van der Waals surface area contributed by atoms with Gasteiger partial charge in [0, 0.05) is 0 Å². The highest BCUT2D eigenvalue weighted by atomic mass is 19.4. The number of carboxylic acid groups (broad SMARTS) is 1. The lowest BCUT2D eigenvalue weighted by atomic mass is 10.1. The third-order valence-electron chi connectivity index (χ3n) is 2.29. The van der Waals surface area contributed by atoms with Crippen molar-refractivity contribution in [3.8, 4) is 0 Å². The molecule has 1 rings (SSSR count). The van der Waals surface area contributed by atoms with Crippen LogP contribution in [0.3, 0.4) is 0 Å². The first kappa shape index (κ1) is 13.7. The predicted octanol–water partition coefficient (Wildman–Crippen LogP) is 1.16. The van der Waals surface area contributed by atoms with E-state index in [0.29, 0.717) is 12.8 Å². The Kier molecular flexibility index (Phi) is 3.30. The zero-order valence-corrected chi connectivity index (χ0v) is 8.22. The van der Waals surface area contributed by atoms with E-state index in [1.54, 1.807) is 0 Å². The second kappa shape index (κ2) is 4.11. The molecule has 17 heavy (non-hydrogen) atoms. The number of hydrogen-bond acceptors (Lipinski definition) is 2. The fourth-order valence-corrected chi connectivity index (χ4v) is 1.17. The van der Waals surface area contributed by atoms with Gasteiger partial charge in [0.15, 0.2) is 0 Å². The summed E-state index contributed by atoms with van der Waals surface area (Å²) in [6, 6.07) is -1.70. The zero-order chi connectivity index (χ0) is 13.4. The molecule has 0 saturated heterocycles. The third kappa shape index (κ3) is 2.83. The van der Waals surface area contributed by atoms with Crippen LogP contribution in [0.25, 0.3) is 0 Å². The number of carbonyl (C=O) groups is 2. The molecule has 1 aliphatic carbocycles. The van der Waals surface area contributed by atoms with Crippen LogP contribution >= 0.6 is 0 Å². The first-order chi connectivity index (χ1) is 7.57. The van der Waals surface area contributed by atoms with Crippen LogP contribution in [0.5, 0.6) is 0 Å². The van der Waals surface area contributed by atoms with Crippen molar-refractivity contribution < 1.29 is 36.6 Å². The van der Waals surface area contributed by atoms with Crippen molar-refractivity contribution in [3.63, 3.8) is 0 Å². The number of alkyl halides is 5. The fraction of sp³-hybridized carbons (Fsp3) is 0.750. The minimum atomic E-state index is -6.04. The van der Waals surface area contributed by atoms with Gasteiger partial charge in [-0.05, 0) is 18.8 Å². The second-order valence-electron chi connectivity index (χ2n) is 3.70. The summed E-state index contributed by atoms with van der Waals surface area (Å²) >= 11 is 0. The molecule has 9 heteroatoms. The summed E-state index contributed by atoms with van der Waals surface area (Å²) in [7, 11) is 0. The maximum Gasteiger partial charge on any atom is 0.463 e. The normalized spacial score (nSPS) is 18.6. The van der Waals surface area contributed by atoms with Gasteiger partial charge in [-0.2, -0.15) is 22.0 Å². The molecular weight excluding hydrogens is 253 g/mol. The molecule has 1 unspecified atom stereocenters. The van der Waals surface area contributed by atoms with E-state index in [4.69, 9.17) is 5.11 Å². The molecule has 0 bridgehead atoms. The standard InChI is InChI=1S/C8H8F5NO3/c9-7(10,8(11,12)13)6(17)14-4(5(15)16)3-1-2-3/h3-4H,1-2H2,(H,14,17)(H,15,16). The van der Waals surface area contributed by atoms with Crippen molar-refractivity contribution in [1.82, 2.24) is 5.32 Å². The van der Waals surface area contributed by atoms with E-state index in [-0.39, 0.29) is 0 Å². The van der Waals surface area contributed by atoms with E-state index in [9.17, 15) is 31.5 Å². The summed E-state index contributed by atoms with van der Waals surface area (Å²) in [6.07, 6.45) is -5.30. The van der Waals surface area contributed by atoms with E-state index in [2.05, 4.69) is 0 Å². The number of amides is 1. The van der Waals surface area contributed by atoms with Crippen LogP contribution in [0.2, 0.25) is 0 Å². The molecule has 0 aromatic carbocycles. The van der Waals surface area contributed by atoms with Gasteiger partial charge in [0.05, 0.1) is 0 Å². The van der Waals surface area contributed by atoms with E-state index >= 15 is 0 Å². The Hall–Kier alpha value is -1.41. The Morgan fingerprint density at radius 3 is 1.94 bits per heavy atom. The highest BCUT2D eigenvalue weighted by molar-refractivity contribution is 5.89. The molecule has 0 spiro atoms. The van der Waals surface area contributed by atoms with Gasteiger partial charge in [0.2, 0.25) is 0 Å². The number of nitrogens with one attached hydrogen (secondary N) is 1. The van der Waals surface area contributed by atoms with Crippen molar-refractivity contribution >= 4 is 11.9 Å². The van der Waals surface area contributed by atoms with E-state index < -0.39 is 35.9 Å². The molecule has 0 radical (unpaired) electrons. The zero-order valence-electron chi connectivity index (χ0n) is 8.22. The van der Waals surface area contributed by atoms with Crippen molar-refractivity contribution in [2.45, 2.75) is 31.0 Å². The van der Waals surface area contributed by atoms with Gasteiger partial charge < -0.3 is 10.4 Å². The molecule has 2 N–H and O–H groups in total. The van der Waals surface area contributed by atoms with E-state index in [1.165, 1.54) is 5.32 Å². The number of carbonyl (C=O) groups excluding carboxylic acids is 1. The first-order valence-corrected chi connectivity index (χ1v) is 4.55. The van der Waals surface area contributed by atoms with Gasteiger partial charge >= 0.3 is 24.0 Å².